The van der Waals surface area contributed by atoms with Crippen molar-refractivity contribution in [1.82, 2.24) is 0 Å². The second kappa shape index (κ2) is 5.12. The van der Waals surface area contributed by atoms with Crippen LogP contribution in [0.1, 0.15) is 6.92 Å². The zero-order chi connectivity index (χ0) is 12.3. The van der Waals surface area contributed by atoms with Gasteiger partial charge in [-0.3, -0.25) is 9.59 Å². The fraction of sp³-hybridized carbons (Fsp3) is 0.273. The third-order valence-corrected chi connectivity index (χ3v) is 2.75. The standard InChI is InChI=1S/C11H12BrNO3/c1-7(14)11(15)13(2)8-4-5-10(16-3)9(12)6-8/h4-6H,1-3H3. The molecular weight excluding hydrogens is 274 g/mol. The number of rotatable bonds is 3. The molecule has 1 amide bonds. The number of carbonyl (C=O) groups is 2. The monoisotopic (exact) mass is 285 g/mol. The smallest absolute Gasteiger partial charge is 0.293 e. The van der Waals surface area contributed by atoms with E-state index in [1.807, 2.05) is 0 Å². The number of hydrogen-bond donors (Lipinski definition) is 0. The Labute approximate surface area is 102 Å². The van der Waals surface area contributed by atoms with Crippen molar-refractivity contribution in [2.45, 2.75) is 6.92 Å². The number of anilines is 1. The summed E-state index contributed by atoms with van der Waals surface area (Å²) in [6.07, 6.45) is 0. The average Bonchev–Trinajstić information content (AvgIpc) is 2.26. The summed E-state index contributed by atoms with van der Waals surface area (Å²) in [6.45, 7) is 1.25. The molecule has 4 nitrogen and oxygen atoms in total. The van der Waals surface area contributed by atoms with Crippen LogP contribution in [0.2, 0.25) is 0 Å². The summed E-state index contributed by atoms with van der Waals surface area (Å²) < 4.78 is 5.80. The van der Waals surface area contributed by atoms with Gasteiger partial charge in [0.05, 0.1) is 11.6 Å². The zero-order valence-electron chi connectivity index (χ0n) is 9.28. The molecule has 86 valence electrons. The third kappa shape index (κ3) is 2.61. The lowest BCUT2D eigenvalue weighted by Gasteiger charge is -2.16. The van der Waals surface area contributed by atoms with E-state index in [9.17, 15) is 9.59 Å². The molecular formula is C11H12BrNO3. The van der Waals surface area contributed by atoms with E-state index >= 15 is 0 Å². The number of nitrogens with zero attached hydrogens (tertiary/aromatic N) is 1. The van der Waals surface area contributed by atoms with Crippen LogP contribution < -0.4 is 9.64 Å². The minimum atomic E-state index is -0.544. The van der Waals surface area contributed by atoms with Crippen LogP contribution in [0.15, 0.2) is 22.7 Å². The second-order valence-corrected chi connectivity index (χ2v) is 4.09. The van der Waals surface area contributed by atoms with Crippen LogP contribution in [0.25, 0.3) is 0 Å². The normalized spacial score (nSPS) is 9.75. The lowest BCUT2D eigenvalue weighted by atomic mass is 10.2. The van der Waals surface area contributed by atoms with Gasteiger partial charge in [-0.25, -0.2) is 0 Å². The molecule has 0 radical (unpaired) electrons. The lowest BCUT2D eigenvalue weighted by molar-refractivity contribution is -0.134. The molecule has 0 unspecified atom stereocenters. The van der Waals surface area contributed by atoms with Gasteiger partial charge in [-0.1, -0.05) is 0 Å². The number of ketones is 1. The second-order valence-electron chi connectivity index (χ2n) is 3.24. The number of amides is 1. The Hall–Kier alpha value is -1.36. The molecule has 0 aliphatic rings. The highest BCUT2D eigenvalue weighted by atomic mass is 79.9. The van der Waals surface area contributed by atoms with Crippen molar-refractivity contribution in [2.75, 3.05) is 19.1 Å². The molecule has 0 aliphatic heterocycles. The highest BCUT2D eigenvalue weighted by molar-refractivity contribution is 9.10. The molecule has 0 saturated heterocycles. The summed E-state index contributed by atoms with van der Waals surface area (Å²) >= 11 is 3.31. The predicted molar refractivity (Wildman–Crippen MR) is 64.8 cm³/mol. The summed E-state index contributed by atoms with van der Waals surface area (Å²) in [5, 5.41) is 0. The van der Waals surface area contributed by atoms with Crippen molar-refractivity contribution in [3.63, 3.8) is 0 Å². The molecule has 0 aromatic heterocycles. The summed E-state index contributed by atoms with van der Waals surface area (Å²) in [5.41, 5.74) is 0.632. The molecule has 1 aromatic carbocycles. The van der Waals surface area contributed by atoms with Gasteiger partial charge in [0.2, 0.25) is 5.78 Å². The molecule has 0 spiro atoms. The maximum absolute atomic E-state index is 11.4. The van der Waals surface area contributed by atoms with Gasteiger partial charge in [-0.2, -0.15) is 0 Å². The number of likely N-dealkylation sites (N-methyl/N-ethyl adjacent to an activating group) is 1. The largest absolute Gasteiger partial charge is 0.496 e. The molecule has 16 heavy (non-hydrogen) atoms. The third-order valence-electron chi connectivity index (χ3n) is 2.13. The quantitative estimate of drug-likeness (QED) is 0.798. The van der Waals surface area contributed by atoms with E-state index in [1.165, 1.54) is 11.8 Å². The number of halogens is 1. The van der Waals surface area contributed by atoms with Crippen LogP contribution >= 0.6 is 15.9 Å². The summed E-state index contributed by atoms with van der Waals surface area (Å²) in [6, 6.07) is 5.16. The molecule has 0 bridgehead atoms. The average molecular weight is 286 g/mol. The number of benzene rings is 1. The Morgan fingerprint density at radius 3 is 2.44 bits per heavy atom. The van der Waals surface area contributed by atoms with Crippen LogP contribution in [0, 0.1) is 0 Å². The van der Waals surface area contributed by atoms with Crippen molar-refractivity contribution in [3.05, 3.63) is 22.7 Å². The number of carbonyl (C=O) groups excluding carboxylic acids is 2. The SMILES string of the molecule is COc1ccc(N(C)C(=O)C(C)=O)cc1Br. The van der Waals surface area contributed by atoms with Gasteiger partial charge in [-0.15, -0.1) is 0 Å². The van der Waals surface area contributed by atoms with Crippen LogP contribution in [0.4, 0.5) is 5.69 Å². The summed E-state index contributed by atoms with van der Waals surface area (Å²) in [5.74, 6) is -0.362. The first-order valence-electron chi connectivity index (χ1n) is 4.59. The topological polar surface area (TPSA) is 46.6 Å². The Kier molecular flexibility index (Phi) is 4.06. The number of methoxy groups -OCH3 is 1. The molecule has 5 heteroatoms. The van der Waals surface area contributed by atoms with Crippen LogP contribution in [0.3, 0.4) is 0 Å². The Balaban J connectivity index is 3.01. The maximum atomic E-state index is 11.4. The lowest BCUT2D eigenvalue weighted by Crippen LogP contribution is -2.31. The first-order valence-corrected chi connectivity index (χ1v) is 5.39. The molecule has 0 heterocycles. The van der Waals surface area contributed by atoms with Gasteiger partial charge in [0.1, 0.15) is 5.75 Å². The number of ether oxygens (including phenoxy) is 1. The number of Topliss-reactive ketones (excluding diaryl/α,β-unsaturated/α-hetero) is 1. The van der Waals surface area contributed by atoms with Gasteiger partial charge < -0.3 is 9.64 Å². The van der Waals surface area contributed by atoms with Crippen molar-refractivity contribution in [1.29, 1.82) is 0 Å². The summed E-state index contributed by atoms with van der Waals surface area (Å²) in [4.78, 5) is 23.7. The fourth-order valence-electron chi connectivity index (χ4n) is 1.22. The van der Waals surface area contributed by atoms with Crippen molar-refractivity contribution in [2.24, 2.45) is 0 Å². The maximum Gasteiger partial charge on any atom is 0.293 e. The van der Waals surface area contributed by atoms with Crippen molar-refractivity contribution >= 4 is 33.3 Å². The van der Waals surface area contributed by atoms with Crippen molar-refractivity contribution < 1.29 is 14.3 Å². The fourth-order valence-corrected chi connectivity index (χ4v) is 1.75. The molecule has 1 rings (SSSR count). The molecule has 0 N–H and O–H groups in total. The summed E-state index contributed by atoms with van der Waals surface area (Å²) in [7, 11) is 3.11. The Bertz CT molecular complexity index is 431. The minimum absolute atomic E-state index is 0.491. The highest BCUT2D eigenvalue weighted by Gasteiger charge is 2.16. The molecule has 0 aliphatic carbocycles. The van der Waals surface area contributed by atoms with E-state index in [-0.39, 0.29) is 0 Å². The van der Waals surface area contributed by atoms with Gasteiger partial charge >= 0.3 is 0 Å². The van der Waals surface area contributed by atoms with Crippen LogP contribution in [-0.2, 0) is 9.59 Å². The van der Waals surface area contributed by atoms with Crippen LogP contribution in [-0.4, -0.2) is 25.8 Å². The molecule has 1 aromatic rings. The van der Waals surface area contributed by atoms with E-state index in [4.69, 9.17) is 4.74 Å². The molecule has 0 fully saturated rings. The van der Waals surface area contributed by atoms with Gasteiger partial charge in [0, 0.05) is 19.7 Å². The number of hydrogen-bond acceptors (Lipinski definition) is 3. The zero-order valence-corrected chi connectivity index (χ0v) is 10.9. The van der Waals surface area contributed by atoms with Crippen molar-refractivity contribution in [3.8, 4) is 5.75 Å². The van der Waals surface area contributed by atoms with Gasteiger partial charge in [0.15, 0.2) is 0 Å². The first-order chi connectivity index (χ1) is 7.47. The van der Waals surface area contributed by atoms with E-state index in [0.717, 1.165) is 4.47 Å². The van der Waals surface area contributed by atoms with E-state index in [1.54, 1.807) is 32.4 Å². The Morgan fingerprint density at radius 2 is 2.00 bits per heavy atom. The van der Waals surface area contributed by atoms with E-state index in [2.05, 4.69) is 15.9 Å². The minimum Gasteiger partial charge on any atom is -0.496 e. The predicted octanol–water partition coefficient (Wildman–Crippen LogP) is 2.01. The van der Waals surface area contributed by atoms with Gasteiger partial charge in [0.25, 0.3) is 5.91 Å². The van der Waals surface area contributed by atoms with E-state index < -0.39 is 11.7 Å². The molecule has 0 atom stereocenters. The first kappa shape index (κ1) is 12.7. The van der Waals surface area contributed by atoms with Crippen LogP contribution in [0.5, 0.6) is 5.75 Å². The van der Waals surface area contributed by atoms with E-state index in [0.29, 0.717) is 11.4 Å². The van der Waals surface area contributed by atoms with Gasteiger partial charge in [-0.05, 0) is 34.1 Å². The highest BCUT2D eigenvalue weighted by Crippen LogP contribution is 2.29. The Morgan fingerprint density at radius 1 is 1.38 bits per heavy atom. The molecule has 0 saturated carbocycles.